The molecule has 2 N–H and O–H groups in total. The Hall–Kier alpha value is -3.45. The number of carbonyl (C=O) groups is 3. The summed E-state index contributed by atoms with van der Waals surface area (Å²) in [5.74, 6) is 1.15. The molecule has 7 nitrogen and oxygen atoms in total. The molecule has 1 aromatic rings. The van der Waals surface area contributed by atoms with Crippen molar-refractivity contribution in [3.05, 3.63) is 35.4 Å². The summed E-state index contributed by atoms with van der Waals surface area (Å²) < 4.78 is 5.28. The maximum absolute atomic E-state index is 13.4. The monoisotopic (exact) mass is 439 g/mol. The fourth-order valence-corrected chi connectivity index (χ4v) is 2.91. The summed E-state index contributed by atoms with van der Waals surface area (Å²) in [6, 6.07) is 6.70. The molecule has 2 atom stereocenters. The minimum atomic E-state index is -1.11. The molecule has 0 bridgehead atoms. The number of ether oxygens (including phenoxy) is 1. The number of nitrogens with one attached hydrogen (secondary N) is 2. The Morgan fingerprint density at radius 1 is 1.00 bits per heavy atom. The molecule has 3 amide bonds. The second-order valence-electron chi connectivity index (χ2n) is 9.04. The van der Waals surface area contributed by atoms with Gasteiger partial charge in [0, 0.05) is 17.6 Å². The zero-order chi connectivity index (χ0) is 24.6. The summed E-state index contributed by atoms with van der Waals surface area (Å²) in [5, 5.41) is 5.38. The number of alkyl carbamates (subject to hydrolysis) is 1. The van der Waals surface area contributed by atoms with E-state index in [0.717, 1.165) is 4.90 Å². The zero-order valence-corrected chi connectivity index (χ0v) is 19.9. The first-order valence-electron chi connectivity index (χ1n) is 10.5. The van der Waals surface area contributed by atoms with Crippen LogP contribution in [0.1, 0.15) is 65.6 Å². The van der Waals surface area contributed by atoms with Crippen molar-refractivity contribution in [2.75, 3.05) is 0 Å². The van der Waals surface area contributed by atoms with Crippen LogP contribution in [0.15, 0.2) is 24.3 Å². The average Bonchev–Trinajstić information content (AvgIpc) is 2.67. The molecule has 0 spiro atoms. The lowest BCUT2D eigenvalue weighted by atomic mass is 9.98. The third kappa shape index (κ3) is 7.67. The summed E-state index contributed by atoms with van der Waals surface area (Å²) in [6.07, 6.45) is 10.4. The summed E-state index contributed by atoms with van der Waals surface area (Å²) in [4.78, 5) is 39.8. The van der Waals surface area contributed by atoms with E-state index in [-0.39, 0.29) is 12.0 Å². The van der Waals surface area contributed by atoms with Gasteiger partial charge in [-0.1, -0.05) is 38.3 Å². The summed E-state index contributed by atoms with van der Waals surface area (Å²) in [7, 11) is 0. The van der Waals surface area contributed by atoms with Crippen LogP contribution in [0.5, 0.6) is 0 Å². The SMILES string of the molecule is C#Cc1ccc(C(C(=O)NC(C)C)N(C#C)C(=O)C(NC(=O)OC(C)(C)C)C(C)C)cc1. The van der Waals surface area contributed by atoms with E-state index in [1.807, 2.05) is 0 Å². The maximum Gasteiger partial charge on any atom is 0.408 e. The van der Waals surface area contributed by atoms with Gasteiger partial charge in [-0.25, -0.2) is 4.79 Å². The van der Waals surface area contributed by atoms with Crippen LogP contribution in [0.3, 0.4) is 0 Å². The molecule has 0 aromatic heterocycles. The highest BCUT2D eigenvalue weighted by Gasteiger charge is 2.37. The van der Waals surface area contributed by atoms with Crippen molar-refractivity contribution in [3.8, 4) is 24.8 Å². The van der Waals surface area contributed by atoms with E-state index in [0.29, 0.717) is 11.1 Å². The molecule has 0 saturated heterocycles. The Bertz CT molecular complexity index is 899. The smallest absolute Gasteiger partial charge is 0.408 e. The lowest BCUT2D eigenvalue weighted by Gasteiger charge is -2.32. The normalized spacial score (nSPS) is 12.8. The Kier molecular flexibility index (Phi) is 9.35. The highest BCUT2D eigenvalue weighted by atomic mass is 16.6. The third-order valence-electron chi connectivity index (χ3n) is 4.31. The minimum Gasteiger partial charge on any atom is -0.444 e. The van der Waals surface area contributed by atoms with Gasteiger partial charge in [0.05, 0.1) is 0 Å². The molecule has 0 heterocycles. The predicted octanol–water partition coefficient (Wildman–Crippen LogP) is 3.20. The van der Waals surface area contributed by atoms with E-state index in [4.69, 9.17) is 17.6 Å². The molecule has 0 saturated carbocycles. The van der Waals surface area contributed by atoms with Crippen molar-refractivity contribution in [3.63, 3.8) is 0 Å². The Labute approximate surface area is 191 Å². The molecule has 0 aliphatic carbocycles. The van der Waals surface area contributed by atoms with Crippen molar-refractivity contribution >= 4 is 17.9 Å². The molecule has 0 radical (unpaired) electrons. The van der Waals surface area contributed by atoms with Gasteiger partial charge in [-0.05, 0) is 58.2 Å². The van der Waals surface area contributed by atoms with Gasteiger partial charge >= 0.3 is 6.09 Å². The first-order valence-corrected chi connectivity index (χ1v) is 10.5. The van der Waals surface area contributed by atoms with Gasteiger partial charge in [-0.2, -0.15) is 0 Å². The van der Waals surface area contributed by atoms with E-state index >= 15 is 0 Å². The number of amides is 3. The summed E-state index contributed by atoms with van der Waals surface area (Å²) in [6.45, 7) is 12.3. The standard InChI is InChI=1S/C25H33N3O4/c1-10-18-12-14-19(15-13-18)21(22(29)26-17(5)6)28(11-2)23(30)20(16(3)4)27-24(31)32-25(7,8)9/h1-2,12-17,20-21H,3-9H3,(H,26,29)(H,27,31). The van der Waals surface area contributed by atoms with Crippen molar-refractivity contribution in [2.24, 2.45) is 5.92 Å². The highest BCUT2D eigenvalue weighted by molar-refractivity contribution is 5.93. The Balaban J connectivity index is 3.35. The zero-order valence-electron chi connectivity index (χ0n) is 19.9. The van der Waals surface area contributed by atoms with Gasteiger partial charge in [0.15, 0.2) is 0 Å². The fourth-order valence-electron chi connectivity index (χ4n) is 2.91. The van der Waals surface area contributed by atoms with Crippen LogP contribution in [-0.4, -0.2) is 40.5 Å². The Morgan fingerprint density at radius 2 is 1.56 bits per heavy atom. The number of benzene rings is 1. The molecule has 0 aliphatic heterocycles. The van der Waals surface area contributed by atoms with Gasteiger partial charge < -0.3 is 15.4 Å². The molecule has 0 aliphatic rings. The summed E-state index contributed by atoms with van der Waals surface area (Å²) >= 11 is 0. The maximum atomic E-state index is 13.4. The second-order valence-corrected chi connectivity index (χ2v) is 9.04. The van der Waals surface area contributed by atoms with Crippen LogP contribution < -0.4 is 10.6 Å². The first kappa shape index (κ1) is 26.6. The van der Waals surface area contributed by atoms with Crippen LogP contribution in [-0.2, 0) is 14.3 Å². The van der Waals surface area contributed by atoms with Gasteiger partial charge in [0.1, 0.15) is 17.7 Å². The van der Waals surface area contributed by atoms with E-state index < -0.39 is 35.6 Å². The quantitative estimate of drug-likeness (QED) is 0.505. The molecular formula is C25H33N3O4. The van der Waals surface area contributed by atoms with Gasteiger partial charge in [0.2, 0.25) is 5.91 Å². The third-order valence-corrected chi connectivity index (χ3v) is 4.31. The van der Waals surface area contributed by atoms with Gasteiger partial charge in [-0.15, -0.1) is 6.42 Å². The first-order chi connectivity index (χ1) is 14.8. The predicted molar refractivity (Wildman–Crippen MR) is 124 cm³/mol. The van der Waals surface area contributed by atoms with Crippen LogP contribution in [0.4, 0.5) is 4.79 Å². The Morgan fingerprint density at radius 3 is 1.97 bits per heavy atom. The molecule has 2 unspecified atom stereocenters. The molecule has 1 aromatic carbocycles. The van der Waals surface area contributed by atoms with Crippen molar-refractivity contribution in [2.45, 2.75) is 72.2 Å². The average molecular weight is 440 g/mol. The van der Waals surface area contributed by atoms with Gasteiger partial charge in [-0.3, -0.25) is 14.5 Å². The van der Waals surface area contributed by atoms with Gasteiger partial charge in [0.25, 0.3) is 5.91 Å². The fraction of sp³-hybridized carbons (Fsp3) is 0.480. The topological polar surface area (TPSA) is 87.7 Å². The van der Waals surface area contributed by atoms with Crippen LogP contribution in [0.25, 0.3) is 0 Å². The van der Waals surface area contributed by atoms with Crippen molar-refractivity contribution < 1.29 is 19.1 Å². The molecular weight excluding hydrogens is 406 g/mol. The molecule has 172 valence electrons. The highest BCUT2D eigenvalue weighted by Crippen LogP contribution is 2.24. The number of terminal acetylenes is 2. The van der Waals surface area contributed by atoms with E-state index in [9.17, 15) is 14.4 Å². The number of nitrogens with zero attached hydrogens (tertiary/aromatic N) is 1. The van der Waals surface area contributed by atoms with E-state index in [1.165, 1.54) is 0 Å². The van der Waals surface area contributed by atoms with E-state index in [2.05, 4.69) is 22.6 Å². The van der Waals surface area contributed by atoms with E-state index in [1.54, 1.807) is 72.7 Å². The number of rotatable bonds is 7. The number of hydrogen-bond donors (Lipinski definition) is 2. The molecule has 0 fully saturated rings. The number of carbonyl (C=O) groups excluding carboxylic acids is 3. The largest absolute Gasteiger partial charge is 0.444 e. The van der Waals surface area contributed by atoms with Crippen LogP contribution in [0, 0.1) is 30.7 Å². The molecule has 7 heteroatoms. The van der Waals surface area contributed by atoms with Crippen LogP contribution >= 0.6 is 0 Å². The number of hydrogen-bond acceptors (Lipinski definition) is 4. The van der Waals surface area contributed by atoms with Crippen molar-refractivity contribution in [1.82, 2.24) is 15.5 Å². The summed E-state index contributed by atoms with van der Waals surface area (Å²) in [5.41, 5.74) is 0.383. The molecule has 32 heavy (non-hydrogen) atoms. The van der Waals surface area contributed by atoms with Crippen molar-refractivity contribution in [1.29, 1.82) is 0 Å². The lowest BCUT2D eigenvalue weighted by molar-refractivity contribution is -0.139. The molecule has 1 rings (SSSR count). The minimum absolute atomic E-state index is 0.175. The van der Waals surface area contributed by atoms with Crippen LogP contribution in [0.2, 0.25) is 0 Å². The second kappa shape index (κ2) is 11.2. The lowest BCUT2D eigenvalue weighted by Crippen LogP contribution is -2.53.